The lowest BCUT2D eigenvalue weighted by molar-refractivity contribution is -0.122. The van der Waals surface area contributed by atoms with Crippen molar-refractivity contribution in [2.75, 3.05) is 6.54 Å². The highest BCUT2D eigenvalue weighted by atomic mass is 16.2. The molecular formula is C24H29N3O3. The van der Waals surface area contributed by atoms with Gasteiger partial charge in [-0.25, -0.2) is 0 Å². The molecular weight excluding hydrogens is 378 g/mol. The molecule has 0 saturated heterocycles. The summed E-state index contributed by atoms with van der Waals surface area (Å²) in [6, 6.07) is 18.4. The molecule has 0 aliphatic heterocycles. The van der Waals surface area contributed by atoms with Crippen molar-refractivity contribution in [1.82, 2.24) is 16.0 Å². The maximum Gasteiger partial charge on any atom is 0.224 e. The van der Waals surface area contributed by atoms with E-state index in [-0.39, 0.29) is 36.2 Å². The second kappa shape index (κ2) is 10.6. The normalized spacial score (nSPS) is 17.9. The molecule has 3 rings (SSSR count). The summed E-state index contributed by atoms with van der Waals surface area (Å²) in [5.74, 6) is -0.203. The topological polar surface area (TPSA) is 87.3 Å². The highest BCUT2D eigenvalue weighted by Gasteiger charge is 2.26. The summed E-state index contributed by atoms with van der Waals surface area (Å²) in [6.07, 6.45) is 3.06. The third-order valence-electron chi connectivity index (χ3n) is 5.31. The van der Waals surface area contributed by atoms with Crippen molar-refractivity contribution in [1.29, 1.82) is 0 Å². The Balaban J connectivity index is 1.40. The van der Waals surface area contributed by atoms with E-state index in [2.05, 4.69) is 28.1 Å². The van der Waals surface area contributed by atoms with E-state index in [1.54, 1.807) is 0 Å². The Morgan fingerprint density at radius 2 is 1.43 bits per heavy atom. The maximum atomic E-state index is 12.4. The van der Waals surface area contributed by atoms with Crippen LogP contribution >= 0.6 is 0 Å². The summed E-state index contributed by atoms with van der Waals surface area (Å²) in [6.45, 7) is 1.77. The quantitative estimate of drug-likeness (QED) is 0.629. The third kappa shape index (κ3) is 6.72. The highest BCUT2D eigenvalue weighted by Crippen LogP contribution is 2.21. The molecule has 3 amide bonds. The second-order valence-corrected chi connectivity index (χ2v) is 7.81. The predicted octanol–water partition coefficient (Wildman–Crippen LogP) is 2.58. The third-order valence-corrected chi connectivity index (χ3v) is 5.31. The summed E-state index contributed by atoms with van der Waals surface area (Å²) in [7, 11) is 0. The Hall–Kier alpha value is -3.15. The minimum absolute atomic E-state index is 0.00472. The summed E-state index contributed by atoms with van der Waals surface area (Å²) >= 11 is 0. The lowest BCUT2D eigenvalue weighted by atomic mass is 10.0. The van der Waals surface area contributed by atoms with Crippen molar-refractivity contribution in [2.24, 2.45) is 0 Å². The van der Waals surface area contributed by atoms with Gasteiger partial charge in [0.1, 0.15) is 0 Å². The first-order valence-corrected chi connectivity index (χ1v) is 10.5. The summed E-state index contributed by atoms with van der Waals surface area (Å²) in [4.78, 5) is 35.2. The number of hydrogen-bond acceptors (Lipinski definition) is 3. The smallest absolute Gasteiger partial charge is 0.224 e. The molecule has 0 aromatic heterocycles. The molecule has 1 fully saturated rings. The summed E-state index contributed by atoms with van der Waals surface area (Å²) in [5, 5.41) is 8.69. The maximum absolute atomic E-state index is 12.4. The zero-order chi connectivity index (χ0) is 21.3. The molecule has 0 heterocycles. The molecule has 2 atom stereocenters. The van der Waals surface area contributed by atoms with Crippen LogP contribution < -0.4 is 16.0 Å². The van der Waals surface area contributed by atoms with Gasteiger partial charge in [0, 0.05) is 32.0 Å². The first-order chi connectivity index (χ1) is 14.5. The fraction of sp³-hybridized carbons (Fsp3) is 0.375. The standard InChI is InChI=1S/C24H29N3O3/c1-17(28)25-14-13-23(29)26-21-11-12-22(16-21)27-24(30)15-18-7-9-20(10-8-18)19-5-3-2-4-6-19/h2-10,21-22H,11-16H2,1H3,(H,25,28)(H,26,29)(H,27,30). The van der Waals surface area contributed by atoms with Crippen molar-refractivity contribution in [3.63, 3.8) is 0 Å². The Morgan fingerprint density at radius 1 is 0.833 bits per heavy atom. The van der Waals surface area contributed by atoms with Crippen LogP contribution in [0.1, 0.15) is 38.2 Å². The molecule has 2 aromatic carbocycles. The van der Waals surface area contributed by atoms with E-state index in [4.69, 9.17) is 0 Å². The molecule has 2 aromatic rings. The van der Waals surface area contributed by atoms with Crippen molar-refractivity contribution < 1.29 is 14.4 Å². The van der Waals surface area contributed by atoms with Crippen LogP contribution in [0.2, 0.25) is 0 Å². The van der Waals surface area contributed by atoms with E-state index in [0.29, 0.717) is 13.0 Å². The Bertz CT molecular complexity index is 865. The molecule has 2 unspecified atom stereocenters. The van der Waals surface area contributed by atoms with Crippen molar-refractivity contribution in [2.45, 2.75) is 51.1 Å². The number of benzene rings is 2. The number of hydrogen-bond donors (Lipinski definition) is 3. The van der Waals surface area contributed by atoms with Gasteiger partial charge in [-0.3, -0.25) is 14.4 Å². The molecule has 0 bridgehead atoms. The molecule has 1 saturated carbocycles. The lowest BCUT2D eigenvalue weighted by Crippen LogP contribution is -2.38. The monoisotopic (exact) mass is 407 g/mol. The fourth-order valence-corrected chi connectivity index (χ4v) is 3.81. The van der Waals surface area contributed by atoms with E-state index < -0.39 is 0 Å². The molecule has 0 radical (unpaired) electrons. The molecule has 158 valence electrons. The highest BCUT2D eigenvalue weighted by molar-refractivity contribution is 5.79. The zero-order valence-electron chi connectivity index (χ0n) is 17.3. The van der Waals surface area contributed by atoms with Crippen LogP contribution in [0.15, 0.2) is 54.6 Å². The molecule has 3 N–H and O–H groups in total. The van der Waals surface area contributed by atoms with Crippen LogP contribution in [0.25, 0.3) is 11.1 Å². The van der Waals surface area contributed by atoms with Crippen LogP contribution in [-0.2, 0) is 20.8 Å². The molecule has 30 heavy (non-hydrogen) atoms. The zero-order valence-corrected chi connectivity index (χ0v) is 17.3. The van der Waals surface area contributed by atoms with Gasteiger partial charge in [0.15, 0.2) is 0 Å². The van der Waals surface area contributed by atoms with Crippen LogP contribution in [0, 0.1) is 0 Å². The molecule has 6 heteroatoms. The number of nitrogens with one attached hydrogen (secondary N) is 3. The molecule has 1 aliphatic carbocycles. The Labute approximate surface area is 177 Å². The van der Waals surface area contributed by atoms with Crippen LogP contribution in [-0.4, -0.2) is 36.3 Å². The average Bonchev–Trinajstić information content (AvgIpc) is 3.15. The fourth-order valence-electron chi connectivity index (χ4n) is 3.81. The van der Waals surface area contributed by atoms with Crippen LogP contribution in [0.5, 0.6) is 0 Å². The van der Waals surface area contributed by atoms with Gasteiger partial charge in [0.25, 0.3) is 0 Å². The minimum Gasteiger partial charge on any atom is -0.356 e. The van der Waals surface area contributed by atoms with Crippen LogP contribution in [0.4, 0.5) is 0 Å². The summed E-state index contributed by atoms with van der Waals surface area (Å²) in [5.41, 5.74) is 3.27. The summed E-state index contributed by atoms with van der Waals surface area (Å²) < 4.78 is 0. The van der Waals surface area contributed by atoms with E-state index in [9.17, 15) is 14.4 Å². The molecule has 1 aliphatic rings. The number of carbonyl (C=O) groups is 3. The first-order valence-electron chi connectivity index (χ1n) is 10.5. The van der Waals surface area contributed by atoms with Gasteiger partial charge in [-0.1, -0.05) is 54.6 Å². The van der Waals surface area contributed by atoms with Gasteiger partial charge >= 0.3 is 0 Å². The Kier molecular flexibility index (Phi) is 7.60. The first kappa shape index (κ1) is 21.6. The molecule has 6 nitrogen and oxygen atoms in total. The largest absolute Gasteiger partial charge is 0.356 e. The van der Waals surface area contributed by atoms with Crippen molar-refractivity contribution in [3.8, 4) is 11.1 Å². The van der Waals surface area contributed by atoms with Gasteiger partial charge in [-0.15, -0.1) is 0 Å². The van der Waals surface area contributed by atoms with E-state index in [0.717, 1.165) is 36.0 Å². The number of amides is 3. The van der Waals surface area contributed by atoms with Crippen LogP contribution in [0.3, 0.4) is 0 Å². The molecule has 0 spiro atoms. The van der Waals surface area contributed by atoms with Gasteiger partial charge in [-0.2, -0.15) is 0 Å². The van der Waals surface area contributed by atoms with Gasteiger partial charge in [0.2, 0.25) is 17.7 Å². The van der Waals surface area contributed by atoms with Crippen molar-refractivity contribution >= 4 is 17.7 Å². The SMILES string of the molecule is CC(=O)NCCC(=O)NC1CCC(NC(=O)Cc2ccc(-c3ccccc3)cc2)C1. The van der Waals surface area contributed by atoms with Gasteiger partial charge in [0.05, 0.1) is 6.42 Å². The number of carbonyl (C=O) groups excluding carboxylic acids is 3. The second-order valence-electron chi connectivity index (χ2n) is 7.81. The Morgan fingerprint density at radius 3 is 2.07 bits per heavy atom. The van der Waals surface area contributed by atoms with Crippen molar-refractivity contribution in [3.05, 3.63) is 60.2 Å². The van der Waals surface area contributed by atoms with Gasteiger partial charge in [-0.05, 0) is 36.0 Å². The average molecular weight is 408 g/mol. The van der Waals surface area contributed by atoms with E-state index in [1.807, 2.05) is 42.5 Å². The van der Waals surface area contributed by atoms with Gasteiger partial charge < -0.3 is 16.0 Å². The minimum atomic E-state index is -0.138. The van der Waals surface area contributed by atoms with E-state index >= 15 is 0 Å². The van der Waals surface area contributed by atoms with E-state index in [1.165, 1.54) is 6.92 Å². The lowest BCUT2D eigenvalue weighted by Gasteiger charge is -2.15. The predicted molar refractivity (Wildman–Crippen MR) is 117 cm³/mol. The number of rotatable bonds is 8.